The third-order valence-corrected chi connectivity index (χ3v) is 5.01. The van der Waals surface area contributed by atoms with Crippen LogP contribution in [0.5, 0.6) is 0 Å². The van der Waals surface area contributed by atoms with Gasteiger partial charge in [0.1, 0.15) is 5.84 Å². The molecule has 0 aromatic heterocycles. The second-order valence-electron chi connectivity index (χ2n) is 5.95. The average Bonchev–Trinajstić information content (AvgIpc) is 2.62. The molecule has 5 heteroatoms. The Bertz CT molecular complexity index is 916. The molecule has 1 N–H and O–H groups in total. The molecule has 0 radical (unpaired) electrons. The molecule has 2 unspecified atom stereocenters. The molecule has 2 aromatic carbocycles. The highest BCUT2D eigenvalue weighted by Crippen LogP contribution is 2.47. The lowest BCUT2D eigenvalue weighted by atomic mass is 9.84. The van der Waals surface area contributed by atoms with Crippen molar-refractivity contribution < 1.29 is 0 Å². The van der Waals surface area contributed by atoms with Crippen molar-refractivity contribution in [1.29, 1.82) is 5.41 Å². The Morgan fingerprint density at radius 2 is 1.92 bits per heavy atom. The maximum absolute atomic E-state index is 8.09. The molecular weight excluding hydrogens is 353 g/mol. The molecule has 0 amide bonds. The van der Waals surface area contributed by atoms with Gasteiger partial charge >= 0.3 is 0 Å². The zero-order valence-electron chi connectivity index (χ0n) is 13.2. The van der Waals surface area contributed by atoms with Crippen molar-refractivity contribution in [2.75, 3.05) is 0 Å². The predicted molar refractivity (Wildman–Crippen MR) is 104 cm³/mol. The van der Waals surface area contributed by atoms with E-state index < -0.39 is 0 Å². The van der Waals surface area contributed by atoms with Crippen molar-refractivity contribution in [3.63, 3.8) is 0 Å². The number of aliphatic imine (C=N–C) groups is 1. The fraction of sp³-hybridized carbons (Fsp3) is 0.100. The molecule has 0 aliphatic carbocycles. The van der Waals surface area contributed by atoms with Crippen LogP contribution in [0.15, 0.2) is 71.9 Å². The number of nitrogens with one attached hydrogen (secondary N) is 1. The topological polar surface area (TPSA) is 39.5 Å². The van der Waals surface area contributed by atoms with Crippen molar-refractivity contribution >= 4 is 40.9 Å². The number of fused-ring (bicyclic) bond motifs is 2. The fourth-order valence-electron chi connectivity index (χ4n) is 3.39. The highest BCUT2D eigenvalue weighted by atomic mass is 35.5. The van der Waals surface area contributed by atoms with Crippen LogP contribution in [0.4, 0.5) is 5.69 Å². The number of allylic oxidation sites excluding steroid dienone is 2. The summed E-state index contributed by atoms with van der Waals surface area (Å²) in [5, 5.41) is 9.22. The van der Waals surface area contributed by atoms with E-state index in [1.54, 1.807) is 6.07 Å². The quantitative estimate of drug-likeness (QED) is 0.674. The molecule has 0 fully saturated rings. The summed E-state index contributed by atoms with van der Waals surface area (Å²) in [6, 6.07) is 13.4. The lowest BCUT2D eigenvalue weighted by Gasteiger charge is -2.40. The van der Waals surface area contributed by atoms with Crippen LogP contribution in [0.3, 0.4) is 0 Å². The van der Waals surface area contributed by atoms with E-state index in [0.717, 1.165) is 22.6 Å². The van der Waals surface area contributed by atoms with Gasteiger partial charge in [0, 0.05) is 33.9 Å². The van der Waals surface area contributed by atoms with Crippen LogP contribution < -0.4 is 0 Å². The third kappa shape index (κ3) is 2.80. The number of hydrogen-bond acceptors (Lipinski definition) is 3. The smallest absolute Gasteiger partial charge is 0.133 e. The normalized spacial score (nSPS) is 19.0. The molecule has 2 aromatic rings. The molecule has 0 saturated carbocycles. The first-order valence-electron chi connectivity index (χ1n) is 7.95. The van der Waals surface area contributed by atoms with Gasteiger partial charge in [-0.25, -0.2) is 4.99 Å². The number of amidine groups is 1. The third-order valence-electron chi connectivity index (χ3n) is 4.47. The van der Waals surface area contributed by atoms with E-state index in [-0.39, 0.29) is 12.0 Å². The van der Waals surface area contributed by atoms with Gasteiger partial charge in [-0.1, -0.05) is 59.6 Å². The van der Waals surface area contributed by atoms with Crippen LogP contribution >= 0.6 is 23.2 Å². The van der Waals surface area contributed by atoms with Crippen molar-refractivity contribution in [3.05, 3.63) is 88.1 Å². The van der Waals surface area contributed by atoms with E-state index in [1.807, 2.05) is 60.8 Å². The molecule has 124 valence electrons. The van der Waals surface area contributed by atoms with Crippen molar-refractivity contribution in [2.45, 2.75) is 12.0 Å². The highest BCUT2D eigenvalue weighted by Gasteiger charge is 2.36. The minimum absolute atomic E-state index is 0.159. The second-order valence-corrected chi connectivity index (χ2v) is 6.79. The Balaban J connectivity index is 1.94. The van der Waals surface area contributed by atoms with Gasteiger partial charge in [0.2, 0.25) is 0 Å². The first kappa shape index (κ1) is 16.1. The number of halogens is 2. The Kier molecular flexibility index (Phi) is 4.20. The number of benzene rings is 2. The van der Waals surface area contributed by atoms with Gasteiger partial charge in [0.05, 0.1) is 11.7 Å². The molecule has 2 heterocycles. The summed E-state index contributed by atoms with van der Waals surface area (Å²) in [4.78, 5) is 6.78. The van der Waals surface area contributed by atoms with E-state index >= 15 is 0 Å². The Labute approximate surface area is 156 Å². The van der Waals surface area contributed by atoms with Gasteiger partial charge in [-0.3, -0.25) is 0 Å². The zero-order chi connectivity index (χ0) is 17.4. The number of nitrogens with zero attached hydrogens (tertiary/aromatic N) is 2. The first-order chi connectivity index (χ1) is 12.2. The summed E-state index contributed by atoms with van der Waals surface area (Å²) in [7, 11) is 0. The predicted octanol–water partition coefficient (Wildman–Crippen LogP) is 5.90. The SMILES string of the molecule is N=CC(c1ccccc1)C1c2c(Cl)cc(Cl)cc2N=C2C=CC=CN21. The minimum Gasteiger partial charge on any atom is -0.324 e. The molecule has 4 rings (SSSR count). The lowest BCUT2D eigenvalue weighted by molar-refractivity contribution is 0.388. The summed E-state index contributed by atoms with van der Waals surface area (Å²) in [6.45, 7) is 0. The number of hydrogen-bond donors (Lipinski definition) is 1. The molecular formula is C20H15Cl2N3. The monoisotopic (exact) mass is 367 g/mol. The molecule has 0 bridgehead atoms. The summed E-state index contributed by atoms with van der Waals surface area (Å²) in [5.41, 5.74) is 2.72. The highest BCUT2D eigenvalue weighted by molar-refractivity contribution is 6.35. The first-order valence-corrected chi connectivity index (χ1v) is 8.71. The summed E-state index contributed by atoms with van der Waals surface area (Å²) in [6.07, 6.45) is 9.33. The van der Waals surface area contributed by atoms with E-state index in [2.05, 4.69) is 4.90 Å². The maximum atomic E-state index is 8.09. The van der Waals surface area contributed by atoms with E-state index in [9.17, 15) is 0 Å². The molecule has 2 aliphatic heterocycles. The molecule has 0 saturated heterocycles. The van der Waals surface area contributed by atoms with Crippen LogP contribution in [0.25, 0.3) is 0 Å². The van der Waals surface area contributed by atoms with Crippen LogP contribution in [0.1, 0.15) is 23.1 Å². The molecule has 3 nitrogen and oxygen atoms in total. The van der Waals surface area contributed by atoms with Crippen LogP contribution in [0, 0.1) is 5.41 Å². The maximum Gasteiger partial charge on any atom is 0.133 e. The van der Waals surface area contributed by atoms with Gasteiger partial charge in [-0.15, -0.1) is 0 Å². The van der Waals surface area contributed by atoms with E-state index in [1.165, 1.54) is 6.21 Å². The molecule has 25 heavy (non-hydrogen) atoms. The van der Waals surface area contributed by atoms with Gasteiger partial charge in [-0.2, -0.15) is 0 Å². The van der Waals surface area contributed by atoms with Crippen LogP contribution in [0.2, 0.25) is 10.0 Å². The Morgan fingerprint density at radius 1 is 1.12 bits per heavy atom. The Hall–Kier alpha value is -2.36. The zero-order valence-corrected chi connectivity index (χ0v) is 14.7. The summed E-state index contributed by atoms with van der Waals surface area (Å²) >= 11 is 12.8. The van der Waals surface area contributed by atoms with E-state index in [0.29, 0.717) is 10.0 Å². The van der Waals surface area contributed by atoms with Crippen molar-refractivity contribution in [3.8, 4) is 0 Å². The second kappa shape index (κ2) is 6.51. The van der Waals surface area contributed by atoms with Crippen molar-refractivity contribution in [1.82, 2.24) is 4.90 Å². The van der Waals surface area contributed by atoms with Gasteiger partial charge in [0.25, 0.3) is 0 Å². The standard InChI is InChI=1S/C20H15Cl2N3/c21-14-10-16(22)19-17(11-14)24-18-8-4-5-9-25(18)20(19)15(12-23)13-6-2-1-3-7-13/h1-12,15,20,23H. The lowest BCUT2D eigenvalue weighted by Crippen LogP contribution is -2.37. The van der Waals surface area contributed by atoms with Gasteiger partial charge < -0.3 is 10.3 Å². The average molecular weight is 368 g/mol. The van der Waals surface area contributed by atoms with Gasteiger partial charge in [-0.05, 0) is 29.8 Å². The molecule has 2 atom stereocenters. The molecule has 2 aliphatic rings. The fourth-order valence-corrected chi connectivity index (χ4v) is 3.99. The largest absolute Gasteiger partial charge is 0.324 e. The Morgan fingerprint density at radius 3 is 2.68 bits per heavy atom. The molecule has 0 spiro atoms. The summed E-state index contributed by atoms with van der Waals surface area (Å²) < 4.78 is 0. The van der Waals surface area contributed by atoms with Crippen LogP contribution in [-0.4, -0.2) is 17.0 Å². The van der Waals surface area contributed by atoms with Crippen LogP contribution in [-0.2, 0) is 0 Å². The summed E-state index contributed by atoms with van der Waals surface area (Å²) in [5.74, 6) is 0.654. The number of rotatable bonds is 3. The minimum atomic E-state index is -0.166. The van der Waals surface area contributed by atoms with E-state index in [4.69, 9.17) is 33.6 Å². The van der Waals surface area contributed by atoms with Crippen molar-refractivity contribution in [2.24, 2.45) is 4.99 Å². The van der Waals surface area contributed by atoms with Gasteiger partial charge in [0.15, 0.2) is 0 Å².